The highest BCUT2D eigenvalue weighted by atomic mass is 19.3. The topological polar surface area (TPSA) is 55.0 Å². The molecule has 1 N–H and O–H groups in total. The number of H-pyrrole nitrogens is 1. The number of hydrogen-bond acceptors (Lipinski definition) is 3. The fourth-order valence-corrected chi connectivity index (χ4v) is 1.49. The van der Waals surface area contributed by atoms with Crippen LogP contribution in [0.5, 0.6) is 0 Å². The molecule has 0 unspecified atom stereocenters. The molecule has 0 saturated carbocycles. The quantitative estimate of drug-likeness (QED) is 0.839. The Morgan fingerprint density at radius 2 is 2.29 bits per heavy atom. The number of esters is 1. The average molecular weight is 240 g/mol. The van der Waals surface area contributed by atoms with Crippen LogP contribution in [-0.4, -0.2) is 22.5 Å². The zero-order valence-electron chi connectivity index (χ0n) is 9.04. The standard InChI is InChI=1S/C11H10F2N2O2/c1-2-17-11(16)8-4-6-3-7(10(12)13)14-5-9(6)15-8/h3-5,10,15H,2H2,1H3. The van der Waals surface area contributed by atoms with Crippen molar-refractivity contribution in [3.63, 3.8) is 0 Å². The SMILES string of the molecule is CCOC(=O)c1cc2cc(C(F)F)ncc2[nH]1. The minimum absolute atomic E-state index is 0.232. The summed E-state index contributed by atoms with van der Waals surface area (Å²) < 4.78 is 29.6. The molecule has 0 radical (unpaired) electrons. The Kier molecular flexibility index (Phi) is 3.03. The third kappa shape index (κ3) is 2.25. The highest BCUT2D eigenvalue weighted by Gasteiger charge is 2.13. The molecule has 2 aromatic rings. The number of aromatic nitrogens is 2. The molecule has 0 fully saturated rings. The van der Waals surface area contributed by atoms with Crippen LogP contribution in [0, 0.1) is 0 Å². The van der Waals surface area contributed by atoms with Gasteiger partial charge in [-0.2, -0.15) is 0 Å². The number of hydrogen-bond donors (Lipinski definition) is 1. The third-order valence-corrected chi connectivity index (χ3v) is 2.25. The van der Waals surface area contributed by atoms with Crippen LogP contribution >= 0.6 is 0 Å². The van der Waals surface area contributed by atoms with Gasteiger partial charge in [0.2, 0.25) is 0 Å². The first-order valence-corrected chi connectivity index (χ1v) is 5.05. The van der Waals surface area contributed by atoms with Crippen molar-refractivity contribution in [3.05, 3.63) is 29.7 Å². The van der Waals surface area contributed by atoms with Crippen LogP contribution in [0.1, 0.15) is 29.5 Å². The van der Waals surface area contributed by atoms with Crippen LogP contribution in [-0.2, 0) is 4.74 Å². The van der Waals surface area contributed by atoms with Gasteiger partial charge < -0.3 is 9.72 Å². The fourth-order valence-electron chi connectivity index (χ4n) is 1.49. The van der Waals surface area contributed by atoms with Gasteiger partial charge in [-0.3, -0.25) is 4.98 Å². The first-order valence-electron chi connectivity index (χ1n) is 5.05. The van der Waals surface area contributed by atoms with Crippen molar-refractivity contribution in [1.29, 1.82) is 0 Å². The molecule has 0 aliphatic carbocycles. The van der Waals surface area contributed by atoms with Crippen LogP contribution < -0.4 is 0 Å². The summed E-state index contributed by atoms with van der Waals surface area (Å²) in [7, 11) is 0. The van der Waals surface area contributed by atoms with Crippen molar-refractivity contribution >= 4 is 16.9 Å². The largest absolute Gasteiger partial charge is 0.461 e. The number of nitrogens with one attached hydrogen (secondary N) is 1. The highest BCUT2D eigenvalue weighted by molar-refractivity contribution is 5.94. The van der Waals surface area contributed by atoms with Gasteiger partial charge in [-0.1, -0.05) is 0 Å². The zero-order chi connectivity index (χ0) is 12.4. The van der Waals surface area contributed by atoms with Gasteiger partial charge in [-0.15, -0.1) is 0 Å². The van der Waals surface area contributed by atoms with E-state index in [0.29, 0.717) is 10.9 Å². The van der Waals surface area contributed by atoms with E-state index in [1.165, 1.54) is 18.3 Å². The van der Waals surface area contributed by atoms with E-state index in [0.717, 1.165) is 0 Å². The highest BCUT2D eigenvalue weighted by Crippen LogP contribution is 2.22. The number of ether oxygens (including phenoxy) is 1. The normalized spacial score (nSPS) is 11.1. The van der Waals surface area contributed by atoms with E-state index in [-0.39, 0.29) is 18.0 Å². The summed E-state index contributed by atoms with van der Waals surface area (Å²) in [6.45, 7) is 1.95. The predicted octanol–water partition coefficient (Wildman–Crippen LogP) is 2.68. The molecule has 0 atom stereocenters. The van der Waals surface area contributed by atoms with E-state index >= 15 is 0 Å². The maximum absolute atomic E-state index is 12.4. The van der Waals surface area contributed by atoms with E-state index in [4.69, 9.17) is 4.74 Å². The molecule has 90 valence electrons. The van der Waals surface area contributed by atoms with Gasteiger partial charge in [0.05, 0.1) is 18.3 Å². The Morgan fingerprint density at radius 1 is 1.53 bits per heavy atom. The number of carbonyl (C=O) groups excluding carboxylic acids is 1. The number of halogens is 2. The van der Waals surface area contributed by atoms with Gasteiger partial charge >= 0.3 is 5.97 Å². The van der Waals surface area contributed by atoms with Crippen LogP contribution in [0.3, 0.4) is 0 Å². The van der Waals surface area contributed by atoms with E-state index in [2.05, 4.69) is 9.97 Å². The number of pyridine rings is 1. The summed E-state index contributed by atoms with van der Waals surface area (Å²) in [5.74, 6) is -0.512. The Morgan fingerprint density at radius 3 is 2.94 bits per heavy atom. The lowest BCUT2D eigenvalue weighted by Gasteiger charge is -1.97. The van der Waals surface area contributed by atoms with Crippen LogP contribution in [0.2, 0.25) is 0 Å². The van der Waals surface area contributed by atoms with Crippen molar-refractivity contribution in [2.75, 3.05) is 6.61 Å². The first-order chi connectivity index (χ1) is 8.11. The molecule has 0 aliphatic rings. The Balaban J connectivity index is 2.40. The molecule has 0 aromatic carbocycles. The summed E-state index contributed by atoms with van der Waals surface area (Å²) in [5.41, 5.74) is 0.444. The second kappa shape index (κ2) is 4.48. The zero-order valence-corrected chi connectivity index (χ0v) is 9.04. The Hall–Kier alpha value is -1.98. The predicted molar refractivity (Wildman–Crippen MR) is 57.0 cm³/mol. The van der Waals surface area contributed by atoms with Crippen molar-refractivity contribution in [2.45, 2.75) is 13.3 Å². The molecule has 4 nitrogen and oxygen atoms in total. The smallest absolute Gasteiger partial charge is 0.354 e. The summed E-state index contributed by atoms with van der Waals surface area (Å²) >= 11 is 0. The molecule has 6 heteroatoms. The van der Waals surface area contributed by atoms with Crippen molar-refractivity contribution < 1.29 is 18.3 Å². The number of aromatic amines is 1. The molecular weight excluding hydrogens is 230 g/mol. The van der Waals surface area contributed by atoms with E-state index in [1.54, 1.807) is 6.92 Å². The summed E-state index contributed by atoms with van der Waals surface area (Å²) in [4.78, 5) is 17.8. The van der Waals surface area contributed by atoms with Gasteiger partial charge in [0.25, 0.3) is 6.43 Å². The molecule has 2 heterocycles. The molecule has 0 saturated heterocycles. The second-order valence-electron chi connectivity index (χ2n) is 3.40. The monoisotopic (exact) mass is 240 g/mol. The van der Waals surface area contributed by atoms with Crippen LogP contribution in [0.15, 0.2) is 18.3 Å². The number of alkyl halides is 2. The van der Waals surface area contributed by atoms with Gasteiger partial charge in [0.15, 0.2) is 0 Å². The van der Waals surface area contributed by atoms with Crippen molar-refractivity contribution in [2.24, 2.45) is 0 Å². The van der Waals surface area contributed by atoms with Crippen molar-refractivity contribution in [3.8, 4) is 0 Å². The Bertz CT molecular complexity index is 551. The lowest BCUT2D eigenvalue weighted by Crippen LogP contribution is -2.04. The molecule has 0 aliphatic heterocycles. The average Bonchev–Trinajstić information content (AvgIpc) is 2.71. The van der Waals surface area contributed by atoms with Gasteiger partial charge in [0, 0.05) is 5.39 Å². The third-order valence-electron chi connectivity index (χ3n) is 2.25. The molecule has 0 spiro atoms. The maximum atomic E-state index is 12.4. The molecule has 0 bridgehead atoms. The minimum atomic E-state index is -2.62. The number of rotatable bonds is 3. The first kappa shape index (κ1) is 11.5. The van der Waals surface area contributed by atoms with Crippen LogP contribution in [0.4, 0.5) is 8.78 Å². The lowest BCUT2D eigenvalue weighted by molar-refractivity contribution is 0.0520. The van der Waals surface area contributed by atoms with E-state index in [9.17, 15) is 13.6 Å². The molecule has 17 heavy (non-hydrogen) atoms. The maximum Gasteiger partial charge on any atom is 0.354 e. The van der Waals surface area contributed by atoms with Crippen LogP contribution in [0.25, 0.3) is 10.9 Å². The molecular formula is C11H10F2N2O2. The molecule has 0 amide bonds. The van der Waals surface area contributed by atoms with E-state index in [1.807, 2.05) is 0 Å². The van der Waals surface area contributed by atoms with Gasteiger partial charge in [-0.05, 0) is 19.1 Å². The van der Waals surface area contributed by atoms with Gasteiger partial charge in [0.1, 0.15) is 11.4 Å². The summed E-state index contributed by atoms with van der Waals surface area (Å²) in [6.07, 6.45) is -1.35. The number of nitrogens with zero attached hydrogens (tertiary/aromatic N) is 1. The fraction of sp³-hybridized carbons (Fsp3) is 0.273. The van der Waals surface area contributed by atoms with E-state index < -0.39 is 12.4 Å². The Labute approximate surface area is 95.6 Å². The number of carbonyl (C=O) groups is 1. The summed E-state index contributed by atoms with van der Waals surface area (Å²) in [6, 6.07) is 2.72. The minimum Gasteiger partial charge on any atom is -0.461 e. The van der Waals surface area contributed by atoms with Gasteiger partial charge in [-0.25, -0.2) is 13.6 Å². The molecule has 2 aromatic heterocycles. The van der Waals surface area contributed by atoms with Crippen molar-refractivity contribution in [1.82, 2.24) is 9.97 Å². The number of fused-ring (bicyclic) bond motifs is 1. The lowest BCUT2D eigenvalue weighted by atomic mass is 10.2. The summed E-state index contributed by atoms with van der Waals surface area (Å²) in [5, 5.41) is 0.512. The second-order valence-corrected chi connectivity index (χ2v) is 3.40. The molecule has 2 rings (SSSR count).